The number of halogens is 1. The molecule has 1 rings (SSSR count). The third kappa shape index (κ3) is 1.87. The Kier molecular flexibility index (Phi) is 3.29. The predicted molar refractivity (Wildman–Crippen MR) is 54.4 cm³/mol. The lowest BCUT2D eigenvalue weighted by Crippen LogP contribution is -2.00. The number of aliphatic hydroxyl groups excluding tert-OH is 1. The van der Waals surface area contributed by atoms with E-state index in [1.807, 2.05) is 19.1 Å². The van der Waals surface area contributed by atoms with E-state index >= 15 is 0 Å². The summed E-state index contributed by atoms with van der Waals surface area (Å²) in [5, 5.41) is 8.98. The predicted octanol–water partition coefficient (Wildman–Crippen LogP) is 2.85. The molecule has 1 aromatic carbocycles. The summed E-state index contributed by atoms with van der Waals surface area (Å²) in [4.78, 5) is 0. The Morgan fingerprint density at radius 3 is 2.75 bits per heavy atom. The number of hydrogen-bond acceptors (Lipinski definition) is 1. The van der Waals surface area contributed by atoms with Crippen LogP contribution in [0.1, 0.15) is 24.0 Å². The fraction of sp³-hybridized carbons (Fsp3) is 0.400. The number of aliphatic hydroxyl groups is 1. The molecule has 1 atom stereocenters. The Labute approximate surface area is 81.6 Å². The van der Waals surface area contributed by atoms with Crippen molar-refractivity contribution in [2.45, 2.75) is 19.8 Å². The SMILES string of the molecule is Cc1cccc(C(C)CO)c1Br. The van der Waals surface area contributed by atoms with Crippen LogP contribution in [0, 0.1) is 6.92 Å². The van der Waals surface area contributed by atoms with Crippen LogP contribution in [0.25, 0.3) is 0 Å². The standard InChI is InChI=1S/C10H13BrO/c1-7-4-3-5-9(10(7)11)8(2)6-12/h3-5,8,12H,6H2,1-2H3. The zero-order chi connectivity index (χ0) is 9.14. The van der Waals surface area contributed by atoms with Gasteiger partial charge in [-0.1, -0.05) is 41.1 Å². The lowest BCUT2D eigenvalue weighted by molar-refractivity contribution is 0.272. The molecule has 0 amide bonds. The Morgan fingerprint density at radius 1 is 1.50 bits per heavy atom. The fourth-order valence-electron chi connectivity index (χ4n) is 1.15. The molecule has 0 fully saturated rings. The van der Waals surface area contributed by atoms with Crippen LogP contribution in [0.15, 0.2) is 22.7 Å². The van der Waals surface area contributed by atoms with Crippen molar-refractivity contribution in [1.29, 1.82) is 0 Å². The molecule has 0 aliphatic carbocycles. The van der Waals surface area contributed by atoms with Gasteiger partial charge >= 0.3 is 0 Å². The first kappa shape index (κ1) is 9.75. The normalized spacial score (nSPS) is 13.0. The van der Waals surface area contributed by atoms with E-state index < -0.39 is 0 Å². The third-order valence-corrected chi connectivity index (χ3v) is 3.11. The van der Waals surface area contributed by atoms with Gasteiger partial charge in [0.1, 0.15) is 0 Å². The summed E-state index contributed by atoms with van der Waals surface area (Å²) < 4.78 is 1.12. The largest absolute Gasteiger partial charge is 0.396 e. The number of hydrogen-bond donors (Lipinski definition) is 1. The highest BCUT2D eigenvalue weighted by Gasteiger charge is 2.08. The van der Waals surface area contributed by atoms with Crippen LogP contribution >= 0.6 is 15.9 Å². The highest BCUT2D eigenvalue weighted by Crippen LogP contribution is 2.27. The van der Waals surface area contributed by atoms with Crippen molar-refractivity contribution < 1.29 is 5.11 Å². The summed E-state index contributed by atoms with van der Waals surface area (Å²) in [6.45, 7) is 4.26. The van der Waals surface area contributed by atoms with Crippen molar-refractivity contribution in [3.05, 3.63) is 33.8 Å². The molecular formula is C10H13BrO. The summed E-state index contributed by atoms with van der Waals surface area (Å²) in [7, 11) is 0. The molecule has 0 spiro atoms. The maximum atomic E-state index is 8.98. The zero-order valence-corrected chi connectivity index (χ0v) is 8.93. The van der Waals surface area contributed by atoms with Gasteiger partial charge in [0.2, 0.25) is 0 Å². The van der Waals surface area contributed by atoms with Gasteiger partial charge in [0, 0.05) is 17.0 Å². The van der Waals surface area contributed by atoms with Crippen LogP contribution in [0.4, 0.5) is 0 Å². The van der Waals surface area contributed by atoms with Crippen LogP contribution in [-0.4, -0.2) is 11.7 Å². The maximum Gasteiger partial charge on any atom is 0.0497 e. The van der Waals surface area contributed by atoms with E-state index in [4.69, 9.17) is 5.11 Å². The van der Waals surface area contributed by atoms with E-state index in [0.29, 0.717) is 0 Å². The van der Waals surface area contributed by atoms with Gasteiger partial charge in [-0.25, -0.2) is 0 Å². The molecule has 1 nitrogen and oxygen atoms in total. The van der Waals surface area contributed by atoms with E-state index in [1.165, 1.54) is 11.1 Å². The van der Waals surface area contributed by atoms with Crippen molar-refractivity contribution in [3.63, 3.8) is 0 Å². The Balaban J connectivity index is 3.07. The summed E-state index contributed by atoms with van der Waals surface area (Å²) in [5.41, 5.74) is 2.39. The molecule has 0 aliphatic heterocycles. The molecule has 66 valence electrons. The van der Waals surface area contributed by atoms with Crippen molar-refractivity contribution in [2.75, 3.05) is 6.61 Å². The lowest BCUT2D eigenvalue weighted by atomic mass is 10.0. The Hall–Kier alpha value is -0.340. The van der Waals surface area contributed by atoms with Gasteiger partial charge in [-0.3, -0.25) is 0 Å². The van der Waals surface area contributed by atoms with Crippen molar-refractivity contribution in [2.24, 2.45) is 0 Å². The third-order valence-electron chi connectivity index (χ3n) is 2.03. The molecule has 0 saturated heterocycles. The topological polar surface area (TPSA) is 20.2 Å². The van der Waals surface area contributed by atoms with Crippen molar-refractivity contribution in [3.8, 4) is 0 Å². The van der Waals surface area contributed by atoms with Gasteiger partial charge < -0.3 is 5.11 Å². The molecule has 0 heterocycles. The molecule has 0 saturated carbocycles. The first-order chi connectivity index (χ1) is 5.66. The van der Waals surface area contributed by atoms with Gasteiger partial charge in [-0.2, -0.15) is 0 Å². The second-order valence-corrected chi connectivity index (χ2v) is 3.85. The van der Waals surface area contributed by atoms with Crippen LogP contribution < -0.4 is 0 Å². The molecule has 0 aliphatic rings. The minimum atomic E-state index is 0.196. The zero-order valence-electron chi connectivity index (χ0n) is 7.34. The fourth-order valence-corrected chi connectivity index (χ4v) is 1.80. The molecule has 2 heteroatoms. The van der Waals surface area contributed by atoms with Crippen LogP contribution in [0.3, 0.4) is 0 Å². The van der Waals surface area contributed by atoms with E-state index in [-0.39, 0.29) is 12.5 Å². The molecule has 0 radical (unpaired) electrons. The quantitative estimate of drug-likeness (QED) is 0.826. The average Bonchev–Trinajstić information content (AvgIpc) is 2.08. The average molecular weight is 229 g/mol. The second-order valence-electron chi connectivity index (χ2n) is 3.06. The Bertz CT molecular complexity index is 271. The molecule has 1 N–H and O–H groups in total. The van der Waals surface area contributed by atoms with Crippen LogP contribution in [-0.2, 0) is 0 Å². The Morgan fingerprint density at radius 2 is 2.17 bits per heavy atom. The van der Waals surface area contributed by atoms with Crippen molar-refractivity contribution in [1.82, 2.24) is 0 Å². The molecule has 0 bridgehead atoms. The first-order valence-corrected chi connectivity index (χ1v) is 4.82. The van der Waals surface area contributed by atoms with Gasteiger partial charge in [0.25, 0.3) is 0 Å². The minimum absolute atomic E-state index is 0.196. The van der Waals surface area contributed by atoms with E-state index in [2.05, 4.69) is 28.9 Å². The second kappa shape index (κ2) is 4.06. The van der Waals surface area contributed by atoms with E-state index in [1.54, 1.807) is 0 Å². The summed E-state index contributed by atoms with van der Waals surface area (Å²) >= 11 is 3.51. The monoisotopic (exact) mass is 228 g/mol. The maximum absolute atomic E-state index is 8.98. The van der Waals surface area contributed by atoms with Gasteiger partial charge in [-0.15, -0.1) is 0 Å². The number of rotatable bonds is 2. The highest BCUT2D eigenvalue weighted by molar-refractivity contribution is 9.10. The number of benzene rings is 1. The smallest absolute Gasteiger partial charge is 0.0497 e. The van der Waals surface area contributed by atoms with E-state index in [0.717, 1.165) is 4.47 Å². The molecule has 1 unspecified atom stereocenters. The summed E-state index contributed by atoms with van der Waals surface area (Å²) in [6.07, 6.45) is 0. The van der Waals surface area contributed by atoms with Crippen LogP contribution in [0.5, 0.6) is 0 Å². The highest BCUT2D eigenvalue weighted by atomic mass is 79.9. The molecular weight excluding hydrogens is 216 g/mol. The minimum Gasteiger partial charge on any atom is -0.396 e. The van der Waals surface area contributed by atoms with Gasteiger partial charge in [0.15, 0.2) is 0 Å². The number of aryl methyl sites for hydroxylation is 1. The van der Waals surface area contributed by atoms with Crippen LogP contribution in [0.2, 0.25) is 0 Å². The lowest BCUT2D eigenvalue weighted by Gasteiger charge is -2.11. The molecule has 0 aromatic heterocycles. The summed E-state index contributed by atoms with van der Waals surface area (Å²) in [5.74, 6) is 0.208. The van der Waals surface area contributed by atoms with E-state index in [9.17, 15) is 0 Å². The molecule has 1 aromatic rings. The first-order valence-electron chi connectivity index (χ1n) is 4.02. The van der Waals surface area contributed by atoms with Gasteiger partial charge in [-0.05, 0) is 18.1 Å². The van der Waals surface area contributed by atoms with Crippen molar-refractivity contribution >= 4 is 15.9 Å². The molecule has 12 heavy (non-hydrogen) atoms. The van der Waals surface area contributed by atoms with Gasteiger partial charge in [0.05, 0.1) is 0 Å². The summed E-state index contributed by atoms with van der Waals surface area (Å²) in [6, 6.07) is 6.11.